The lowest BCUT2D eigenvalue weighted by Gasteiger charge is -2.10. The van der Waals surface area contributed by atoms with E-state index in [9.17, 15) is 13.6 Å². The molecule has 0 aliphatic rings. The first kappa shape index (κ1) is 17.7. The Morgan fingerprint density at radius 3 is 2.62 bits per heavy atom. The van der Waals surface area contributed by atoms with Crippen LogP contribution in [-0.2, 0) is 4.74 Å². The van der Waals surface area contributed by atoms with Gasteiger partial charge in [-0.1, -0.05) is 6.07 Å². The number of nitrogens with one attached hydrogen (secondary N) is 2. The Balaban J connectivity index is 2.15. The fourth-order valence-electron chi connectivity index (χ4n) is 2.00. The molecule has 2 aromatic rings. The van der Waals surface area contributed by atoms with Crippen LogP contribution in [0.25, 0.3) is 0 Å². The van der Waals surface area contributed by atoms with E-state index in [0.29, 0.717) is 25.4 Å². The van der Waals surface area contributed by atoms with Crippen LogP contribution in [0.15, 0.2) is 24.3 Å². The van der Waals surface area contributed by atoms with E-state index in [0.717, 1.165) is 12.1 Å². The van der Waals surface area contributed by atoms with Crippen LogP contribution in [0, 0.1) is 18.6 Å². The summed E-state index contributed by atoms with van der Waals surface area (Å²) in [4.78, 5) is 20.2. The molecule has 1 aromatic carbocycles. The predicted molar refractivity (Wildman–Crippen MR) is 85.2 cm³/mol. The monoisotopic (exact) mass is 336 g/mol. The van der Waals surface area contributed by atoms with Crippen LogP contribution in [0.3, 0.4) is 0 Å². The van der Waals surface area contributed by atoms with Crippen LogP contribution in [0.2, 0.25) is 0 Å². The summed E-state index contributed by atoms with van der Waals surface area (Å²) in [7, 11) is 1.58. The second-order valence-electron chi connectivity index (χ2n) is 5.01. The fourth-order valence-corrected chi connectivity index (χ4v) is 2.00. The molecule has 0 bridgehead atoms. The number of halogens is 2. The van der Waals surface area contributed by atoms with Crippen molar-refractivity contribution in [1.82, 2.24) is 15.3 Å². The fraction of sp³-hybridized carbons (Fsp3) is 0.312. The van der Waals surface area contributed by atoms with E-state index in [4.69, 9.17) is 4.74 Å². The van der Waals surface area contributed by atoms with E-state index in [1.807, 2.05) is 0 Å². The SMILES string of the molecule is COCCCNC(=O)c1cc(Nc2c(F)cccc2F)nc(C)n1. The Bertz CT molecular complexity index is 705. The molecule has 0 saturated heterocycles. The van der Waals surface area contributed by atoms with Crippen LogP contribution in [0.4, 0.5) is 20.3 Å². The van der Waals surface area contributed by atoms with Gasteiger partial charge in [-0.25, -0.2) is 18.7 Å². The highest BCUT2D eigenvalue weighted by molar-refractivity contribution is 5.93. The van der Waals surface area contributed by atoms with Gasteiger partial charge in [-0.05, 0) is 25.5 Å². The van der Waals surface area contributed by atoms with Crippen molar-refractivity contribution in [2.75, 3.05) is 25.6 Å². The second kappa shape index (κ2) is 8.30. The van der Waals surface area contributed by atoms with Gasteiger partial charge >= 0.3 is 0 Å². The summed E-state index contributed by atoms with van der Waals surface area (Å²) in [6, 6.07) is 4.86. The molecule has 8 heteroatoms. The van der Waals surface area contributed by atoms with Crippen molar-refractivity contribution >= 4 is 17.4 Å². The first-order valence-corrected chi connectivity index (χ1v) is 7.35. The van der Waals surface area contributed by atoms with Crippen molar-refractivity contribution in [1.29, 1.82) is 0 Å². The predicted octanol–water partition coefficient (Wildman–Crippen LogP) is 2.57. The summed E-state index contributed by atoms with van der Waals surface area (Å²) in [6.45, 7) is 2.55. The van der Waals surface area contributed by atoms with Crippen LogP contribution >= 0.6 is 0 Å². The number of carbonyl (C=O) groups excluding carboxylic acids is 1. The standard InChI is InChI=1S/C16H18F2N4O2/c1-10-20-13(16(23)19-7-4-8-24-2)9-14(21-10)22-15-11(17)5-3-6-12(15)18/h3,5-6,9H,4,7-8H2,1-2H3,(H,19,23)(H,20,21,22). The van der Waals surface area contributed by atoms with E-state index in [1.165, 1.54) is 12.1 Å². The van der Waals surface area contributed by atoms with E-state index >= 15 is 0 Å². The van der Waals surface area contributed by atoms with E-state index in [2.05, 4.69) is 20.6 Å². The molecule has 1 heterocycles. The van der Waals surface area contributed by atoms with Gasteiger partial charge in [0, 0.05) is 26.3 Å². The normalized spacial score (nSPS) is 10.5. The number of carbonyl (C=O) groups is 1. The lowest BCUT2D eigenvalue weighted by Crippen LogP contribution is -2.26. The molecule has 1 aromatic heterocycles. The van der Waals surface area contributed by atoms with Gasteiger partial charge in [0.2, 0.25) is 0 Å². The Morgan fingerprint density at radius 2 is 1.96 bits per heavy atom. The number of ether oxygens (including phenoxy) is 1. The molecule has 2 rings (SSSR count). The summed E-state index contributed by atoms with van der Waals surface area (Å²) in [5.41, 5.74) is -0.221. The average Bonchev–Trinajstić information content (AvgIpc) is 2.54. The lowest BCUT2D eigenvalue weighted by atomic mass is 10.2. The van der Waals surface area contributed by atoms with Gasteiger partial charge in [0.05, 0.1) is 0 Å². The molecular formula is C16H18F2N4O2. The summed E-state index contributed by atoms with van der Waals surface area (Å²) in [5, 5.41) is 5.24. The number of aryl methyl sites for hydroxylation is 1. The largest absolute Gasteiger partial charge is 0.385 e. The van der Waals surface area contributed by atoms with E-state index in [-0.39, 0.29) is 17.2 Å². The number of hydrogen-bond acceptors (Lipinski definition) is 5. The van der Waals surface area contributed by atoms with Crippen molar-refractivity contribution in [3.8, 4) is 0 Å². The Morgan fingerprint density at radius 1 is 1.25 bits per heavy atom. The Hall–Kier alpha value is -2.61. The third-order valence-corrected chi connectivity index (χ3v) is 3.10. The summed E-state index contributed by atoms with van der Waals surface area (Å²) >= 11 is 0. The number of hydrogen-bond donors (Lipinski definition) is 2. The van der Waals surface area contributed by atoms with Gasteiger partial charge in [0.15, 0.2) is 0 Å². The van der Waals surface area contributed by atoms with Crippen molar-refractivity contribution in [3.63, 3.8) is 0 Å². The first-order valence-electron chi connectivity index (χ1n) is 7.35. The molecule has 128 valence electrons. The number of para-hydroxylation sites is 1. The smallest absolute Gasteiger partial charge is 0.270 e. The Labute approximate surface area is 138 Å². The van der Waals surface area contributed by atoms with Gasteiger partial charge in [-0.3, -0.25) is 4.79 Å². The highest BCUT2D eigenvalue weighted by atomic mass is 19.1. The highest BCUT2D eigenvalue weighted by Crippen LogP contribution is 2.22. The van der Waals surface area contributed by atoms with Crippen LogP contribution < -0.4 is 10.6 Å². The molecule has 0 aliphatic carbocycles. The maximum atomic E-state index is 13.7. The van der Waals surface area contributed by atoms with Crippen molar-refractivity contribution < 1.29 is 18.3 Å². The number of rotatable bonds is 7. The van der Waals surface area contributed by atoms with Gasteiger partial charge in [0.1, 0.15) is 34.7 Å². The Kier molecular flexibility index (Phi) is 6.14. The zero-order valence-electron chi connectivity index (χ0n) is 13.4. The molecule has 0 fully saturated rings. The van der Waals surface area contributed by atoms with Crippen molar-refractivity contribution in [2.24, 2.45) is 0 Å². The zero-order chi connectivity index (χ0) is 17.5. The van der Waals surface area contributed by atoms with E-state index in [1.54, 1.807) is 14.0 Å². The molecule has 0 atom stereocenters. The van der Waals surface area contributed by atoms with Gasteiger partial charge < -0.3 is 15.4 Å². The summed E-state index contributed by atoms with van der Waals surface area (Å²) in [5.74, 6) is -1.46. The van der Waals surface area contributed by atoms with Gasteiger partial charge in [-0.2, -0.15) is 0 Å². The number of benzene rings is 1. The number of nitrogens with zero attached hydrogens (tertiary/aromatic N) is 2. The molecule has 0 radical (unpaired) electrons. The minimum Gasteiger partial charge on any atom is -0.385 e. The molecule has 0 unspecified atom stereocenters. The van der Waals surface area contributed by atoms with Gasteiger partial charge in [0.25, 0.3) is 5.91 Å². The van der Waals surface area contributed by atoms with Crippen LogP contribution in [0.5, 0.6) is 0 Å². The lowest BCUT2D eigenvalue weighted by molar-refractivity contribution is 0.0943. The highest BCUT2D eigenvalue weighted by Gasteiger charge is 2.13. The quantitative estimate of drug-likeness (QED) is 0.760. The topological polar surface area (TPSA) is 76.1 Å². The number of aromatic nitrogens is 2. The molecule has 0 spiro atoms. The molecular weight excluding hydrogens is 318 g/mol. The third-order valence-electron chi connectivity index (χ3n) is 3.10. The summed E-state index contributed by atoms with van der Waals surface area (Å²) in [6.07, 6.45) is 0.665. The minimum absolute atomic E-state index is 0.110. The number of anilines is 2. The maximum absolute atomic E-state index is 13.7. The second-order valence-corrected chi connectivity index (χ2v) is 5.01. The molecule has 0 aliphatic heterocycles. The van der Waals surface area contributed by atoms with Crippen LogP contribution in [0.1, 0.15) is 22.7 Å². The van der Waals surface area contributed by atoms with Crippen molar-refractivity contribution in [2.45, 2.75) is 13.3 Å². The van der Waals surface area contributed by atoms with Gasteiger partial charge in [-0.15, -0.1) is 0 Å². The average molecular weight is 336 g/mol. The maximum Gasteiger partial charge on any atom is 0.270 e. The third kappa shape index (κ3) is 4.69. The van der Waals surface area contributed by atoms with Crippen molar-refractivity contribution in [3.05, 3.63) is 47.4 Å². The minimum atomic E-state index is -0.753. The van der Waals surface area contributed by atoms with E-state index < -0.39 is 17.5 Å². The van der Waals surface area contributed by atoms with Crippen LogP contribution in [-0.4, -0.2) is 36.1 Å². The molecule has 24 heavy (non-hydrogen) atoms. The molecule has 0 saturated carbocycles. The zero-order valence-corrected chi connectivity index (χ0v) is 13.4. The molecule has 1 amide bonds. The number of amides is 1. The molecule has 6 nitrogen and oxygen atoms in total. The first-order chi connectivity index (χ1) is 11.5. The summed E-state index contributed by atoms with van der Waals surface area (Å²) < 4.78 is 32.3. The number of methoxy groups -OCH3 is 1. The molecule has 2 N–H and O–H groups in total.